The largest absolute Gasteiger partial charge is 0.351 e. The van der Waals surface area contributed by atoms with Crippen LogP contribution in [0.5, 0.6) is 0 Å². The maximum absolute atomic E-state index is 4.42. The van der Waals surface area contributed by atoms with Crippen LogP contribution >= 0.6 is 0 Å². The molecular formula is C11H22N2. The highest BCUT2D eigenvalue weighted by molar-refractivity contribution is 5.81. The van der Waals surface area contributed by atoms with E-state index < -0.39 is 0 Å². The van der Waals surface area contributed by atoms with E-state index in [0.29, 0.717) is 12.0 Å². The lowest BCUT2D eigenvalue weighted by Gasteiger charge is -2.21. The Balaban J connectivity index is 0.000000671. The van der Waals surface area contributed by atoms with Crippen LogP contribution in [0, 0.1) is 5.92 Å². The number of nitrogens with zero attached hydrogens (tertiary/aromatic N) is 1. The van der Waals surface area contributed by atoms with Crippen LogP contribution in [0.2, 0.25) is 0 Å². The summed E-state index contributed by atoms with van der Waals surface area (Å²) in [5.74, 6) is 1.61. The van der Waals surface area contributed by atoms with E-state index in [1.807, 2.05) is 20.8 Å². The van der Waals surface area contributed by atoms with Crippen molar-refractivity contribution in [3.05, 3.63) is 11.8 Å². The maximum atomic E-state index is 4.42. The summed E-state index contributed by atoms with van der Waals surface area (Å²) < 4.78 is 0. The molecule has 1 rings (SSSR count). The lowest BCUT2D eigenvalue weighted by molar-refractivity contribution is 0.658. The average Bonchev–Trinajstić information content (AvgIpc) is 2.07. The van der Waals surface area contributed by atoms with Crippen LogP contribution in [0.3, 0.4) is 0 Å². The summed E-state index contributed by atoms with van der Waals surface area (Å²) in [4.78, 5) is 4.42. The minimum atomic E-state index is 0.358. The quantitative estimate of drug-likeness (QED) is 0.662. The second-order valence-electron chi connectivity index (χ2n) is 3.33. The van der Waals surface area contributed by atoms with Crippen molar-refractivity contribution in [1.82, 2.24) is 5.32 Å². The van der Waals surface area contributed by atoms with E-state index in [1.54, 1.807) is 0 Å². The van der Waals surface area contributed by atoms with Crippen LogP contribution in [0.25, 0.3) is 0 Å². The van der Waals surface area contributed by atoms with Crippen molar-refractivity contribution in [1.29, 1.82) is 0 Å². The zero-order valence-electron chi connectivity index (χ0n) is 9.68. The van der Waals surface area contributed by atoms with Gasteiger partial charge in [0, 0.05) is 6.20 Å². The highest BCUT2D eigenvalue weighted by Crippen LogP contribution is 2.17. The molecule has 2 heteroatoms. The molecule has 2 nitrogen and oxygen atoms in total. The molecule has 0 aromatic carbocycles. The van der Waals surface area contributed by atoms with E-state index in [2.05, 4.69) is 37.3 Å². The van der Waals surface area contributed by atoms with Gasteiger partial charge in [0.25, 0.3) is 0 Å². The highest BCUT2D eigenvalue weighted by Gasteiger charge is 2.14. The normalized spacial score (nSPS) is 21.0. The van der Waals surface area contributed by atoms with Crippen molar-refractivity contribution < 1.29 is 0 Å². The van der Waals surface area contributed by atoms with Gasteiger partial charge in [-0.2, -0.15) is 0 Å². The van der Waals surface area contributed by atoms with Gasteiger partial charge < -0.3 is 5.32 Å². The van der Waals surface area contributed by atoms with Gasteiger partial charge in [0.15, 0.2) is 0 Å². The van der Waals surface area contributed by atoms with Crippen LogP contribution in [0.4, 0.5) is 0 Å². The molecule has 0 aliphatic carbocycles. The lowest BCUT2D eigenvalue weighted by atomic mass is 9.97. The van der Waals surface area contributed by atoms with Crippen molar-refractivity contribution in [3.8, 4) is 0 Å². The Kier molecular flexibility index (Phi) is 5.44. The van der Waals surface area contributed by atoms with Crippen molar-refractivity contribution >= 4 is 5.84 Å². The van der Waals surface area contributed by atoms with Crippen LogP contribution < -0.4 is 5.32 Å². The molecule has 1 aliphatic rings. The van der Waals surface area contributed by atoms with Gasteiger partial charge in [-0.1, -0.05) is 27.7 Å². The standard InChI is InChI=1S/C9H16N2.C2H6/c1-6(2)9-5-10-8(4)11-7(9)3;1-2/h5-7H,1-4H3,(H,10,11);1-2H3. The average molecular weight is 182 g/mol. The first-order chi connectivity index (χ1) is 6.11. The van der Waals surface area contributed by atoms with E-state index in [4.69, 9.17) is 0 Å². The first kappa shape index (κ1) is 12.2. The third-order valence-electron chi connectivity index (χ3n) is 1.98. The SMILES string of the molecule is CC.CC1=NC(C)C(C(C)C)=CN1. The molecule has 1 unspecified atom stereocenters. The molecule has 0 spiro atoms. The summed E-state index contributed by atoms with van der Waals surface area (Å²) in [6.45, 7) is 12.5. The fraction of sp³-hybridized carbons (Fsp3) is 0.727. The van der Waals surface area contributed by atoms with Gasteiger partial charge in [0.1, 0.15) is 0 Å². The molecule has 1 atom stereocenters. The number of hydrogen-bond donors (Lipinski definition) is 1. The Morgan fingerprint density at radius 1 is 1.38 bits per heavy atom. The molecule has 1 heterocycles. The smallest absolute Gasteiger partial charge is 0.0978 e. The van der Waals surface area contributed by atoms with Crippen LogP contribution in [-0.2, 0) is 0 Å². The Bertz CT molecular complexity index is 202. The van der Waals surface area contributed by atoms with Gasteiger partial charge >= 0.3 is 0 Å². The fourth-order valence-electron chi connectivity index (χ4n) is 1.36. The molecule has 0 aromatic heterocycles. The summed E-state index contributed by atoms with van der Waals surface area (Å²) in [5, 5.41) is 3.13. The predicted octanol–water partition coefficient (Wildman–Crippen LogP) is 2.96. The Morgan fingerprint density at radius 2 is 1.92 bits per heavy atom. The Hall–Kier alpha value is -0.790. The van der Waals surface area contributed by atoms with E-state index in [9.17, 15) is 0 Å². The molecule has 1 aliphatic heterocycles. The number of nitrogens with one attached hydrogen (secondary N) is 1. The molecule has 0 saturated carbocycles. The van der Waals surface area contributed by atoms with Crippen LogP contribution in [0.1, 0.15) is 41.5 Å². The summed E-state index contributed by atoms with van der Waals surface area (Å²) in [6, 6.07) is 0.358. The zero-order chi connectivity index (χ0) is 10.4. The van der Waals surface area contributed by atoms with Crippen molar-refractivity contribution in [2.24, 2.45) is 10.9 Å². The number of hydrogen-bond acceptors (Lipinski definition) is 2. The number of rotatable bonds is 1. The fourth-order valence-corrected chi connectivity index (χ4v) is 1.36. The second kappa shape index (κ2) is 5.79. The summed E-state index contributed by atoms with van der Waals surface area (Å²) in [7, 11) is 0. The van der Waals surface area contributed by atoms with Gasteiger partial charge in [-0.3, -0.25) is 4.99 Å². The second-order valence-corrected chi connectivity index (χ2v) is 3.33. The molecule has 0 fully saturated rings. The third-order valence-corrected chi connectivity index (χ3v) is 1.98. The molecule has 0 saturated heterocycles. The van der Waals surface area contributed by atoms with Crippen molar-refractivity contribution in [2.75, 3.05) is 0 Å². The molecule has 1 N–H and O–H groups in total. The van der Waals surface area contributed by atoms with Crippen LogP contribution in [0.15, 0.2) is 16.8 Å². The van der Waals surface area contributed by atoms with Gasteiger partial charge in [0.2, 0.25) is 0 Å². The minimum absolute atomic E-state index is 0.358. The van der Waals surface area contributed by atoms with E-state index in [0.717, 1.165) is 5.84 Å². The lowest BCUT2D eigenvalue weighted by Crippen LogP contribution is -2.25. The van der Waals surface area contributed by atoms with E-state index in [-0.39, 0.29) is 0 Å². The van der Waals surface area contributed by atoms with Crippen LogP contribution in [-0.4, -0.2) is 11.9 Å². The first-order valence-corrected chi connectivity index (χ1v) is 5.12. The summed E-state index contributed by atoms with van der Waals surface area (Å²) >= 11 is 0. The van der Waals surface area contributed by atoms with Gasteiger partial charge in [-0.05, 0) is 25.3 Å². The van der Waals surface area contributed by atoms with Gasteiger partial charge in [-0.25, -0.2) is 0 Å². The minimum Gasteiger partial charge on any atom is -0.351 e. The Morgan fingerprint density at radius 3 is 2.31 bits per heavy atom. The van der Waals surface area contributed by atoms with Crippen molar-refractivity contribution in [2.45, 2.75) is 47.6 Å². The van der Waals surface area contributed by atoms with Crippen molar-refractivity contribution in [3.63, 3.8) is 0 Å². The van der Waals surface area contributed by atoms with Gasteiger partial charge in [0.05, 0.1) is 11.9 Å². The Labute approximate surface area is 82.1 Å². The van der Waals surface area contributed by atoms with E-state index in [1.165, 1.54) is 5.57 Å². The molecule has 0 aromatic rings. The molecule has 0 radical (unpaired) electrons. The van der Waals surface area contributed by atoms with E-state index >= 15 is 0 Å². The maximum Gasteiger partial charge on any atom is 0.0978 e. The topological polar surface area (TPSA) is 24.4 Å². The monoisotopic (exact) mass is 182 g/mol. The molecular weight excluding hydrogens is 160 g/mol. The molecule has 0 amide bonds. The molecule has 76 valence electrons. The number of amidine groups is 1. The van der Waals surface area contributed by atoms with Gasteiger partial charge in [-0.15, -0.1) is 0 Å². The molecule has 13 heavy (non-hydrogen) atoms. The summed E-state index contributed by atoms with van der Waals surface area (Å²) in [6.07, 6.45) is 2.08. The zero-order valence-corrected chi connectivity index (χ0v) is 9.68. The summed E-state index contributed by atoms with van der Waals surface area (Å²) in [5.41, 5.74) is 1.38. The predicted molar refractivity (Wildman–Crippen MR) is 60.0 cm³/mol. The third kappa shape index (κ3) is 3.62. The highest BCUT2D eigenvalue weighted by atomic mass is 15.0. The number of aliphatic imine (C=N–C) groups is 1. The first-order valence-electron chi connectivity index (χ1n) is 5.12. The molecule has 0 bridgehead atoms.